The molecule has 1 unspecified atom stereocenters. The van der Waals surface area contributed by atoms with E-state index in [0.29, 0.717) is 16.8 Å². The number of fused-ring (bicyclic) bond motifs is 1. The fourth-order valence-electron chi connectivity index (χ4n) is 3.81. The Morgan fingerprint density at radius 1 is 1.29 bits per heavy atom. The lowest BCUT2D eigenvalue weighted by Gasteiger charge is -2.22. The molecule has 0 saturated carbocycles. The first-order valence-electron chi connectivity index (χ1n) is 9.90. The molecule has 2 aliphatic rings. The number of nitrogens with one attached hydrogen (secondary N) is 1. The van der Waals surface area contributed by atoms with Gasteiger partial charge < -0.3 is 14.6 Å². The highest BCUT2D eigenvalue weighted by atomic mass is 32.2. The van der Waals surface area contributed by atoms with Gasteiger partial charge in [0.25, 0.3) is 0 Å². The zero-order valence-corrected chi connectivity index (χ0v) is 17.0. The quantitative estimate of drug-likeness (QED) is 0.603. The predicted octanol–water partition coefficient (Wildman–Crippen LogP) is 1.88. The van der Waals surface area contributed by atoms with Crippen LogP contribution >= 0.6 is 11.8 Å². The molecule has 150 valence electrons. The van der Waals surface area contributed by atoms with E-state index < -0.39 is 0 Å². The van der Waals surface area contributed by atoms with Crippen LogP contribution in [0.3, 0.4) is 0 Å². The molecular formula is C19H26N6O2S. The van der Waals surface area contributed by atoms with Crippen molar-refractivity contribution in [1.29, 1.82) is 0 Å². The summed E-state index contributed by atoms with van der Waals surface area (Å²) >= 11 is 1.37. The SMILES string of the molecule is Cc1ccnc(SCC(=O)NC2CCc3nnc(C4CCOCC4)n3CC2)n1. The molecule has 0 aromatic carbocycles. The number of thioether (sulfide) groups is 1. The summed E-state index contributed by atoms with van der Waals surface area (Å²) in [7, 11) is 0. The van der Waals surface area contributed by atoms with Crippen molar-refractivity contribution in [2.75, 3.05) is 19.0 Å². The van der Waals surface area contributed by atoms with E-state index >= 15 is 0 Å². The summed E-state index contributed by atoms with van der Waals surface area (Å²) in [5, 5.41) is 12.7. The lowest BCUT2D eigenvalue weighted by molar-refractivity contribution is -0.119. The van der Waals surface area contributed by atoms with Gasteiger partial charge in [0.05, 0.1) is 5.75 Å². The lowest BCUT2D eigenvalue weighted by atomic mass is 9.99. The third kappa shape index (κ3) is 4.70. The van der Waals surface area contributed by atoms with Crippen molar-refractivity contribution in [3.05, 3.63) is 29.6 Å². The molecule has 8 nitrogen and oxygen atoms in total. The van der Waals surface area contributed by atoms with Gasteiger partial charge in [-0.3, -0.25) is 4.79 Å². The van der Waals surface area contributed by atoms with Crippen LogP contribution in [0, 0.1) is 6.92 Å². The van der Waals surface area contributed by atoms with E-state index in [1.165, 1.54) is 11.8 Å². The molecule has 4 heterocycles. The number of aromatic nitrogens is 5. The number of rotatable bonds is 5. The van der Waals surface area contributed by atoms with Crippen LogP contribution in [-0.2, 0) is 22.5 Å². The highest BCUT2D eigenvalue weighted by Crippen LogP contribution is 2.27. The maximum atomic E-state index is 12.4. The first-order chi connectivity index (χ1) is 13.7. The molecule has 1 amide bonds. The zero-order valence-electron chi connectivity index (χ0n) is 16.1. The van der Waals surface area contributed by atoms with Gasteiger partial charge in [0.2, 0.25) is 5.91 Å². The van der Waals surface area contributed by atoms with E-state index in [1.54, 1.807) is 6.20 Å². The van der Waals surface area contributed by atoms with Crippen LogP contribution < -0.4 is 5.32 Å². The highest BCUT2D eigenvalue weighted by molar-refractivity contribution is 7.99. The third-order valence-corrected chi connectivity index (χ3v) is 6.19. The Balaban J connectivity index is 1.30. The van der Waals surface area contributed by atoms with Crippen molar-refractivity contribution in [2.45, 2.75) is 62.7 Å². The topological polar surface area (TPSA) is 94.8 Å². The minimum Gasteiger partial charge on any atom is -0.381 e. The van der Waals surface area contributed by atoms with Gasteiger partial charge in [-0.1, -0.05) is 11.8 Å². The van der Waals surface area contributed by atoms with Crippen molar-refractivity contribution in [3.63, 3.8) is 0 Å². The van der Waals surface area contributed by atoms with E-state index in [0.717, 1.165) is 69.2 Å². The number of carbonyl (C=O) groups is 1. The second kappa shape index (κ2) is 9.00. The summed E-state index contributed by atoms with van der Waals surface area (Å²) < 4.78 is 7.75. The Labute approximate surface area is 168 Å². The number of hydrogen-bond acceptors (Lipinski definition) is 7. The Morgan fingerprint density at radius 2 is 2.14 bits per heavy atom. The maximum absolute atomic E-state index is 12.4. The standard InChI is InChI=1S/C19H26N6O2S/c1-13-4-8-20-19(21-13)28-12-17(26)22-15-2-3-16-23-24-18(25(16)9-5-15)14-6-10-27-11-7-14/h4,8,14-15H,2-3,5-7,9-12H2,1H3,(H,22,26). The number of amides is 1. The summed E-state index contributed by atoms with van der Waals surface area (Å²) in [5.74, 6) is 2.94. The van der Waals surface area contributed by atoms with Crippen LogP contribution in [0.4, 0.5) is 0 Å². The molecule has 1 atom stereocenters. The molecule has 9 heteroatoms. The minimum absolute atomic E-state index is 0.0300. The second-order valence-corrected chi connectivity index (χ2v) is 8.32. The van der Waals surface area contributed by atoms with E-state index in [2.05, 4.69) is 30.0 Å². The van der Waals surface area contributed by atoms with E-state index in [-0.39, 0.29) is 11.9 Å². The van der Waals surface area contributed by atoms with Crippen LogP contribution in [0.2, 0.25) is 0 Å². The molecule has 28 heavy (non-hydrogen) atoms. The average molecular weight is 403 g/mol. The second-order valence-electron chi connectivity index (χ2n) is 7.37. The van der Waals surface area contributed by atoms with Gasteiger partial charge in [0, 0.05) is 50.0 Å². The molecule has 1 N–H and O–H groups in total. The monoisotopic (exact) mass is 402 g/mol. The van der Waals surface area contributed by atoms with Gasteiger partial charge in [-0.2, -0.15) is 0 Å². The molecular weight excluding hydrogens is 376 g/mol. The van der Waals surface area contributed by atoms with Crippen molar-refractivity contribution in [1.82, 2.24) is 30.0 Å². The van der Waals surface area contributed by atoms with Gasteiger partial charge in [-0.15, -0.1) is 10.2 Å². The zero-order chi connectivity index (χ0) is 19.3. The van der Waals surface area contributed by atoms with Crippen LogP contribution in [0.5, 0.6) is 0 Å². The normalized spacial score (nSPS) is 20.4. The van der Waals surface area contributed by atoms with Crippen LogP contribution in [0.25, 0.3) is 0 Å². The molecule has 4 rings (SSSR count). The molecule has 2 aromatic rings. The summed E-state index contributed by atoms with van der Waals surface area (Å²) in [6.07, 6.45) is 6.38. The Morgan fingerprint density at radius 3 is 2.96 bits per heavy atom. The van der Waals surface area contributed by atoms with Gasteiger partial charge in [-0.25, -0.2) is 9.97 Å². The number of aryl methyl sites for hydroxylation is 2. The van der Waals surface area contributed by atoms with Crippen LogP contribution in [0.15, 0.2) is 17.4 Å². The van der Waals surface area contributed by atoms with E-state index in [9.17, 15) is 4.79 Å². The van der Waals surface area contributed by atoms with Crippen LogP contribution in [0.1, 0.15) is 48.9 Å². The average Bonchev–Trinajstić information content (AvgIpc) is 3.02. The smallest absolute Gasteiger partial charge is 0.230 e. The van der Waals surface area contributed by atoms with Gasteiger partial charge in [0.15, 0.2) is 5.16 Å². The molecule has 1 saturated heterocycles. The predicted molar refractivity (Wildman–Crippen MR) is 105 cm³/mol. The van der Waals surface area contributed by atoms with Crippen molar-refractivity contribution in [3.8, 4) is 0 Å². The molecule has 0 bridgehead atoms. The Hall–Kier alpha value is -2.00. The first-order valence-corrected chi connectivity index (χ1v) is 10.9. The lowest BCUT2D eigenvalue weighted by Crippen LogP contribution is -2.36. The number of hydrogen-bond donors (Lipinski definition) is 1. The fraction of sp³-hybridized carbons (Fsp3) is 0.632. The van der Waals surface area contributed by atoms with Crippen LogP contribution in [-0.4, -0.2) is 55.6 Å². The summed E-state index contributed by atoms with van der Waals surface area (Å²) in [6, 6.07) is 2.01. The van der Waals surface area contributed by atoms with E-state index in [1.807, 2.05) is 13.0 Å². The number of carbonyl (C=O) groups excluding carboxylic acids is 1. The van der Waals surface area contributed by atoms with Crippen molar-refractivity contribution in [2.24, 2.45) is 0 Å². The molecule has 0 radical (unpaired) electrons. The largest absolute Gasteiger partial charge is 0.381 e. The van der Waals surface area contributed by atoms with E-state index in [4.69, 9.17) is 4.74 Å². The molecule has 2 aromatic heterocycles. The summed E-state index contributed by atoms with van der Waals surface area (Å²) in [4.78, 5) is 20.9. The molecule has 1 fully saturated rings. The summed E-state index contributed by atoms with van der Waals surface area (Å²) in [6.45, 7) is 4.37. The molecule has 0 spiro atoms. The number of ether oxygens (including phenoxy) is 1. The van der Waals surface area contributed by atoms with Crippen molar-refractivity contribution >= 4 is 17.7 Å². The number of nitrogens with zero attached hydrogens (tertiary/aromatic N) is 5. The Bertz CT molecular complexity index is 821. The minimum atomic E-state index is 0.0300. The fourth-order valence-corrected chi connectivity index (χ4v) is 4.49. The van der Waals surface area contributed by atoms with Gasteiger partial charge in [0.1, 0.15) is 11.6 Å². The molecule has 2 aliphatic heterocycles. The highest BCUT2D eigenvalue weighted by Gasteiger charge is 2.26. The maximum Gasteiger partial charge on any atom is 0.230 e. The van der Waals surface area contributed by atoms with Gasteiger partial charge in [-0.05, 0) is 38.7 Å². The summed E-state index contributed by atoms with van der Waals surface area (Å²) in [5.41, 5.74) is 0.907. The van der Waals surface area contributed by atoms with Crippen molar-refractivity contribution < 1.29 is 9.53 Å². The van der Waals surface area contributed by atoms with Gasteiger partial charge >= 0.3 is 0 Å². The Kier molecular flexibility index (Phi) is 6.21. The first kappa shape index (κ1) is 19.3. The third-order valence-electron chi connectivity index (χ3n) is 5.33. The molecule has 0 aliphatic carbocycles.